The van der Waals surface area contributed by atoms with E-state index in [1.807, 2.05) is 10.7 Å². The molecule has 0 atom stereocenters. The molecule has 1 saturated carbocycles. The average Bonchev–Trinajstić information content (AvgIpc) is 2.86. The van der Waals surface area contributed by atoms with Gasteiger partial charge in [0.1, 0.15) is 11.7 Å². The number of halogens is 1. The first kappa shape index (κ1) is 10.5. The van der Waals surface area contributed by atoms with Gasteiger partial charge < -0.3 is 5.32 Å². The van der Waals surface area contributed by atoms with Crippen molar-refractivity contribution in [2.24, 2.45) is 0 Å². The molecule has 1 aromatic heterocycles. The van der Waals surface area contributed by atoms with E-state index >= 15 is 0 Å². The van der Waals surface area contributed by atoms with Crippen LogP contribution in [0.5, 0.6) is 0 Å². The summed E-state index contributed by atoms with van der Waals surface area (Å²) in [7, 11) is 0. The monoisotopic (exact) mass is 227 g/mol. The molecular weight excluding hydrogens is 214 g/mol. The Labute approximate surface area is 93.6 Å². The molecule has 82 valence electrons. The zero-order valence-electron chi connectivity index (χ0n) is 8.45. The summed E-state index contributed by atoms with van der Waals surface area (Å²) >= 11 is 5.44. The standard InChI is InChI=1S/C10H14ClN3O/c11-7-10(15)13-9-5-6-12-14(9)8-3-1-2-4-8/h5-6,8H,1-4,7H2,(H,13,15). The molecule has 5 heteroatoms. The van der Waals surface area contributed by atoms with Crippen LogP contribution in [-0.2, 0) is 4.79 Å². The average molecular weight is 228 g/mol. The molecule has 0 unspecified atom stereocenters. The predicted molar refractivity (Wildman–Crippen MR) is 59.1 cm³/mol. The van der Waals surface area contributed by atoms with Crippen molar-refractivity contribution in [1.82, 2.24) is 9.78 Å². The Bertz CT molecular complexity index is 344. The van der Waals surface area contributed by atoms with Crippen molar-refractivity contribution >= 4 is 23.3 Å². The number of alkyl halides is 1. The van der Waals surface area contributed by atoms with Crippen molar-refractivity contribution in [3.8, 4) is 0 Å². The summed E-state index contributed by atoms with van der Waals surface area (Å²) in [4.78, 5) is 11.2. The first-order chi connectivity index (χ1) is 7.31. The Kier molecular flexibility index (Phi) is 3.26. The fourth-order valence-corrected chi connectivity index (χ4v) is 2.10. The molecule has 1 amide bonds. The number of nitrogens with one attached hydrogen (secondary N) is 1. The van der Waals surface area contributed by atoms with E-state index in [4.69, 9.17) is 11.6 Å². The van der Waals surface area contributed by atoms with Crippen LogP contribution in [0.3, 0.4) is 0 Å². The highest BCUT2D eigenvalue weighted by Crippen LogP contribution is 2.31. The second-order valence-corrected chi connectivity index (χ2v) is 4.05. The van der Waals surface area contributed by atoms with Crippen LogP contribution in [0.15, 0.2) is 12.3 Å². The molecule has 1 N–H and O–H groups in total. The molecule has 1 aromatic rings. The number of nitrogens with zero attached hydrogens (tertiary/aromatic N) is 2. The smallest absolute Gasteiger partial charge is 0.240 e. The molecule has 0 bridgehead atoms. The van der Waals surface area contributed by atoms with Gasteiger partial charge in [0.2, 0.25) is 5.91 Å². The Balaban J connectivity index is 2.10. The fourth-order valence-electron chi connectivity index (χ4n) is 2.03. The summed E-state index contributed by atoms with van der Waals surface area (Å²) in [5.41, 5.74) is 0. The van der Waals surface area contributed by atoms with E-state index in [-0.39, 0.29) is 11.8 Å². The highest BCUT2D eigenvalue weighted by Gasteiger charge is 2.20. The third kappa shape index (κ3) is 2.31. The highest BCUT2D eigenvalue weighted by atomic mass is 35.5. The van der Waals surface area contributed by atoms with Crippen LogP contribution in [0.4, 0.5) is 5.82 Å². The normalized spacial score (nSPS) is 16.9. The number of aromatic nitrogens is 2. The topological polar surface area (TPSA) is 46.9 Å². The Morgan fingerprint density at radius 1 is 1.60 bits per heavy atom. The molecule has 1 aliphatic rings. The first-order valence-electron chi connectivity index (χ1n) is 5.20. The van der Waals surface area contributed by atoms with Gasteiger partial charge in [-0.05, 0) is 12.8 Å². The zero-order chi connectivity index (χ0) is 10.7. The summed E-state index contributed by atoms with van der Waals surface area (Å²) in [6, 6.07) is 2.24. The Hall–Kier alpha value is -1.03. The van der Waals surface area contributed by atoms with Gasteiger partial charge in [-0.25, -0.2) is 4.68 Å². The summed E-state index contributed by atoms with van der Waals surface area (Å²) in [6.07, 6.45) is 6.49. The van der Waals surface area contributed by atoms with E-state index in [0.717, 1.165) is 18.7 Å². The van der Waals surface area contributed by atoms with Gasteiger partial charge in [0.25, 0.3) is 0 Å². The van der Waals surface area contributed by atoms with E-state index in [2.05, 4.69) is 10.4 Å². The Morgan fingerprint density at radius 2 is 2.33 bits per heavy atom. The minimum atomic E-state index is -0.184. The summed E-state index contributed by atoms with van der Waals surface area (Å²) in [5.74, 6) is 0.555. The lowest BCUT2D eigenvalue weighted by molar-refractivity contribution is -0.114. The molecule has 1 fully saturated rings. The second kappa shape index (κ2) is 4.66. The number of carbonyl (C=O) groups excluding carboxylic acids is 1. The largest absolute Gasteiger partial charge is 0.310 e. The van der Waals surface area contributed by atoms with Crippen LogP contribution in [0.25, 0.3) is 0 Å². The van der Waals surface area contributed by atoms with Gasteiger partial charge in [-0.1, -0.05) is 12.8 Å². The van der Waals surface area contributed by atoms with Gasteiger partial charge >= 0.3 is 0 Å². The molecule has 0 spiro atoms. The number of anilines is 1. The van der Waals surface area contributed by atoms with Gasteiger partial charge in [-0.15, -0.1) is 11.6 Å². The van der Waals surface area contributed by atoms with Crippen LogP contribution in [0, 0.1) is 0 Å². The number of amides is 1. The fraction of sp³-hybridized carbons (Fsp3) is 0.600. The summed E-state index contributed by atoms with van der Waals surface area (Å²) in [5, 5.41) is 6.99. The van der Waals surface area contributed by atoms with Gasteiger partial charge in [0.15, 0.2) is 0 Å². The molecular formula is C10H14ClN3O. The molecule has 0 aliphatic heterocycles. The van der Waals surface area contributed by atoms with Gasteiger partial charge in [0.05, 0.1) is 12.2 Å². The number of rotatable bonds is 3. The SMILES string of the molecule is O=C(CCl)Nc1ccnn1C1CCCC1. The minimum Gasteiger partial charge on any atom is -0.310 e. The van der Waals surface area contributed by atoms with Crippen molar-refractivity contribution in [1.29, 1.82) is 0 Å². The molecule has 0 saturated heterocycles. The van der Waals surface area contributed by atoms with Crippen molar-refractivity contribution < 1.29 is 4.79 Å². The Morgan fingerprint density at radius 3 is 3.00 bits per heavy atom. The van der Waals surface area contributed by atoms with Crippen LogP contribution < -0.4 is 5.32 Å². The maximum Gasteiger partial charge on any atom is 0.240 e. The maximum atomic E-state index is 11.2. The van der Waals surface area contributed by atoms with E-state index < -0.39 is 0 Å². The third-order valence-electron chi connectivity index (χ3n) is 2.73. The van der Waals surface area contributed by atoms with Crippen molar-refractivity contribution in [3.63, 3.8) is 0 Å². The molecule has 0 radical (unpaired) electrons. The van der Waals surface area contributed by atoms with Gasteiger partial charge in [0, 0.05) is 6.07 Å². The lowest BCUT2D eigenvalue weighted by Gasteiger charge is -2.13. The van der Waals surface area contributed by atoms with Crippen LogP contribution in [0.2, 0.25) is 0 Å². The number of hydrogen-bond acceptors (Lipinski definition) is 2. The van der Waals surface area contributed by atoms with Gasteiger partial charge in [-0.2, -0.15) is 5.10 Å². The second-order valence-electron chi connectivity index (χ2n) is 3.78. The predicted octanol–water partition coefficient (Wildman–Crippen LogP) is 2.18. The van der Waals surface area contributed by atoms with Crippen molar-refractivity contribution in [3.05, 3.63) is 12.3 Å². The molecule has 0 aromatic carbocycles. The maximum absolute atomic E-state index is 11.2. The third-order valence-corrected chi connectivity index (χ3v) is 2.97. The van der Waals surface area contributed by atoms with Crippen molar-refractivity contribution in [2.75, 3.05) is 11.2 Å². The van der Waals surface area contributed by atoms with E-state index in [9.17, 15) is 4.79 Å². The summed E-state index contributed by atoms with van der Waals surface area (Å²) in [6.45, 7) is 0. The summed E-state index contributed by atoms with van der Waals surface area (Å²) < 4.78 is 1.90. The lowest BCUT2D eigenvalue weighted by atomic mass is 10.2. The number of carbonyl (C=O) groups is 1. The molecule has 4 nitrogen and oxygen atoms in total. The van der Waals surface area contributed by atoms with Crippen molar-refractivity contribution in [2.45, 2.75) is 31.7 Å². The molecule has 1 heterocycles. The van der Waals surface area contributed by atoms with Crippen LogP contribution in [-0.4, -0.2) is 21.6 Å². The highest BCUT2D eigenvalue weighted by molar-refractivity contribution is 6.29. The number of hydrogen-bond donors (Lipinski definition) is 1. The molecule has 1 aliphatic carbocycles. The van der Waals surface area contributed by atoms with E-state index in [1.165, 1.54) is 12.8 Å². The zero-order valence-corrected chi connectivity index (χ0v) is 9.20. The van der Waals surface area contributed by atoms with E-state index in [0.29, 0.717) is 6.04 Å². The van der Waals surface area contributed by atoms with Crippen LogP contribution >= 0.6 is 11.6 Å². The van der Waals surface area contributed by atoms with Gasteiger partial charge in [-0.3, -0.25) is 4.79 Å². The minimum absolute atomic E-state index is 0.0180. The van der Waals surface area contributed by atoms with E-state index in [1.54, 1.807) is 6.20 Å². The van der Waals surface area contributed by atoms with Crippen LogP contribution in [0.1, 0.15) is 31.7 Å². The molecule has 2 rings (SSSR count). The molecule has 15 heavy (non-hydrogen) atoms. The first-order valence-corrected chi connectivity index (χ1v) is 5.74. The lowest BCUT2D eigenvalue weighted by Crippen LogP contribution is -2.18. The quantitative estimate of drug-likeness (QED) is 0.805.